The van der Waals surface area contributed by atoms with Gasteiger partial charge >= 0.3 is 0 Å². The van der Waals surface area contributed by atoms with Crippen molar-refractivity contribution in [1.29, 1.82) is 0 Å². The summed E-state index contributed by atoms with van der Waals surface area (Å²) in [5, 5.41) is 2.83. The number of para-hydroxylation sites is 2. The van der Waals surface area contributed by atoms with Crippen molar-refractivity contribution >= 4 is 32.9 Å². The van der Waals surface area contributed by atoms with Crippen molar-refractivity contribution in [2.45, 2.75) is 24.8 Å². The van der Waals surface area contributed by atoms with Gasteiger partial charge in [-0.1, -0.05) is 25.1 Å². The van der Waals surface area contributed by atoms with Crippen LogP contribution in [0.3, 0.4) is 0 Å². The second-order valence-corrected chi connectivity index (χ2v) is 7.96. The Balaban J connectivity index is 1.83. The van der Waals surface area contributed by atoms with Gasteiger partial charge in [-0.3, -0.25) is 10.1 Å². The van der Waals surface area contributed by atoms with Gasteiger partial charge in [-0.25, -0.2) is 18.1 Å². The van der Waals surface area contributed by atoms with Gasteiger partial charge in [0.1, 0.15) is 0 Å². The van der Waals surface area contributed by atoms with E-state index in [0.29, 0.717) is 11.5 Å². The summed E-state index contributed by atoms with van der Waals surface area (Å²) in [5.41, 5.74) is 2.10. The van der Waals surface area contributed by atoms with Gasteiger partial charge < -0.3 is 4.57 Å². The van der Waals surface area contributed by atoms with E-state index >= 15 is 0 Å². The number of sulfonamides is 1. The number of carbonyl (C=O) groups is 1. The molecule has 0 aliphatic heterocycles. The Bertz CT molecular complexity index is 1100. The molecule has 3 aromatic rings. The monoisotopic (exact) mass is 398 g/mol. The van der Waals surface area contributed by atoms with E-state index < -0.39 is 10.0 Å². The third kappa shape index (κ3) is 4.13. The molecule has 2 N–H and O–H groups in total. The SMILES string of the molecule is C=CCNS(=O)(=O)c1ccc(C(=O)Nc2nc3ccccc3n2CCC)cc1. The fourth-order valence-electron chi connectivity index (χ4n) is 2.83. The molecule has 28 heavy (non-hydrogen) atoms. The number of nitrogens with one attached hydrogen (secondary N) is 2. The molecule has 3 rings (SSSR count). The molecule has 0 aliphatic rings. The summed E-state index contributed by atoms with van der Waals surface area (Å²) in [4.78, 5) is 17.2. The van der Waals surface area contributed by atoms with E-state index in [-0.39, 0.29) is 17.3 Å². The topological polar surface area (TPSA) is 93.1 Å². The zero-order valence-corrected chi connectivity index (χ0v) is 16.4. The maximum absolute atomic E-state index is 12.6. The van der Waals surface area contributed by atoms with Crippen LogP contribution in [0.4, 0.5) is 5.95 Å². The van der Waals surface area contributed by atoms with Crippen molar-refractivity contribution in [3.63, 3.8) is 0 Å². The summed E-state index contributed by atoms with van der Waals surface area (Å²) < 4.78 is 28.6. The standard InChI is InChI=1S/C20H22N4O3S/c1-3-13-21-28(26,27)16-11-9-15(10-12-16)19(25)23-20-22-17-7-5-6-8-18(17)24(20)14-4-2/h3,5-12,21H,1,4,13-14H2,2H3,(H,22,23,25). The van der Waals surface area contributed by atoms with Crippen LogP contribution in [-0.2, 0) is 16.6 Å². The lowest BCUT2D eigenvalue weighted by Crippen LogP contribution is -2.23. The number of hydrogen-bond acceptors (Lipinski definition) is 4. The average Bonchev–Trinajstić information content (AvgIpc) is 3.04. The summed E-state index contributed by atoms with van der Waals surface area (Å²) in [6.45, 7) is 6.40. The Morgan fingerprint density at radius 2 is 1.89 bits per heavy atom. The summed E-state index contributed by atoms with van der Waals surface area (Å²) >= 11 is 0. The minimum absolute atomic E-state index is 0.0871. The molecule has 8 heteroatoms. The maximum Gasteiger partial charge on any atom is 0.257 e. The molecule has 1 aromatic heterocycles. The van der Waals surface area contributed by atoms with Gasteiger partial charge in [-0.15, -0.1) is 6.58 Å². The number of amides is 1. The first-order valence-electron chi connectivity index (χ1n) is 8.93. The van der Waals surface area contributed by atoms with Crippen molar-refractivity contribution in [3.8, 4) is 0 Å². The third-order valence-electron chi connectivity index (χ3n) is 4.17. The number of anilines is 1. The number of aromatic nitrogens is 2. The van der Waals surface area contributed by atoms with E-state index in [1.807, 2.05) is 28.8 Å². The van der Waals surface area contributed by atoms with E-state index in [1.54, 1.807) is 0 Å². The Morgan fingerprint density at radius 1 is 1.18 bits per heavy atom. The van der Waals surface area contributed by atoms with Crippen LogP contribution in [0.2, 0.25) is 0 Å². The van der Waals surface area contributed by atoms with Gasteiger partial charge in [0.05, 0.1) is 15.9 Å². The molecule has 0 unspecified atom stereocenters. The van der Waals surface area contributed by atoms with Crippen LogP contribution in [0.25, 0.3) is 11.0 Å². The van der Waals surface area contributed by atoms with Gasteiger partial charge in [0.15, 0.2) is 0 Å². The normalized spacial score (nSPS) is 11.5. The van der Waals surface area contributed by atoms with Crippen molar-refractivity contribution in [1.82, 2.24) is 14.3 Å². The number of hydrogen-bond donors (Lipinski definition) is 2. The Morgan fingerprint density at radius 3 is 2.57 bits per heavy atom. The molecule has 0 spiro atoms. The Hall–Kier alpha value is -2.97. The lowest BCUT2D eigenvalue weighted by Gasteiger charge is -2.09. The summed E-state index contributed by atoms with van der Waals surface area (Å²) in [6.07, 6.45) is 2.36. The Kier molecular flexibility index (Phi) is 5.91. The molecule has 1 heterocycles. The first kappa shape index (κ1) is 19.8. The highest BCUT2D eigenvalue weighted by Crippen LogP contribution is 2.21. The fourth-order valence-corrected chi connectivity index (χ4v) is 3.83. The number of fused-ring (bicyclic) bond motifs is 1. The van der Waals surface area contributed by atoms with Crippen LogP contribution in [0, 0.1) is 0 Å². The van der Waals surface area contributed by atoms with Crippen LogP contribution >= 0.6 is 0 Å². The van der Waals surface area contributed by atoms with Gasteiger partial charge in [-0.05, 0) is 42.8 Å². The quantitative estimate of drug-likeness (QED) is 0.570. The van der Waals surface area contributed by atoms with Gasteiger partial charge in [0.2, 0.25) is 16.0 Å². The zero-order valence-electron chi connectivity index (χ0n) is 15.6. The molecule has 2 aromatic carbocycles. The van der Waals surface area contributed by atoms with Gasteiger partial charge in [0.25, 0.3) is 5.91 Å². The molecule has 0 saturated carbocycles. The van der Waals surface area contributed by atoms with E-state index in [1.165, 1.54) is 30.3 Å². The first-order valence-corrected chi connectivity index (χ1v) is 10.4. The van der Waals surface area contributed by atoms with E-state index in [0.717, 1.165) is 24.0 Å². The van der Waals surface area contributed by atoms with Crippen LogP contribution < -0.4 is 10.0 Å². The predicted molar refractivity (Wildman–Crippen MR) is 110 cm³/mol. The summed E-state index contributed by atoms with van der Waals surface area (Å²) in [6, 6.07) is 13.4. The molecular formula is C20H22N4O3S. The van der Waals surface area contributed by atoms with Gasteiger partial charge in [0, 0.05) is 18.7 Å². The van der Waals surface area contributed by atoms with Crippen LogP contribution in [0.15, 0.2) is 66.1 Å². The summed E-state index contributed by atoms with van der Waals surface area (Å²) in [7, 11) is -3.62. The number of imidazole rings is 1. The molecule has 0 aliphatic carbocycles. The van der Waals surface area contributed by atoms with Crippen molar-refractivity contribution < 1.29 is 13.2 Å². The molecule has 0 fully saturated rings. The zero-order chi connectivity index (χ0) is 20.1. The largest absolute Gasteiger partial charge is 0.310 e. The van der Waals surface area contributed by atoms with Crippen LogP contribution in [0.5, 0.6) is 0 Å². The minimum Gasteiger partial charge on any atom is -0.310 e. The number of rotatable bonds is 8. The lowest BCUT2D eigenvalue weighted by atomic mass is 10.2. The highest BCUT2D eigenvalue weighted by molar-refractivity contribution is 7.89. The Labute approximate surface area is 164 Å². The third-order valence-corrected chi connectivity index (χ3v) is 5.61. The number of benzene rings is 2. The molecule has 7 nitrogen and oxygen atoms in total. The second-order valence-electron chi connectivity index (χ2n) is 6.19. The van der Waals surface area contributed by atoms with E-state index in [9.17, 15) is 13.2 Å². The van der Waals surface area contributed by atoms with Crippen molar-refractivity contribution in [2.75, 3.05) is 11.9 Å². The smallest absolute Gasteiger partial charge is 0.257 e. The molecular weight excluding hydrogens is 376 g/mol. The molecule has 0 atom stereocenters. The number of nitrogens with zero attached hydrogens (tertiary/aromatic N) is 2. The summed E-state index contributed by atoms with van der Waals surface area (Å²) in [5.74, 6) is 0.119. The molecule has 146 valence electrons. The molecule has 1 amide bonds. The van der Waals surface area contributed by atoms with Crippen LogP contribution in [0.1, 0.15) is 23.7 Å². The van der Waals surface area contributed by atoms with E-state index in [4.69, 9.17) is 0 Å². The highest BCUT2D eigenvalue weighted by atomic mass is 32.2. The molecule has 0 bridgehead atoms. The van der Waals surface area contributed by atoms with Crippen LogP contribution in [-0.4, -0.2) is 30.4 Å². The van der Waals surface area contributed by atoms with E-state index in [2.05, 4.69) is 28.5 Å². The number of aryl methyl sites for hydroxylation is 1. The minimum atomic E-state index is -3.62. The maximum atomic E-state index is 12.6. The van der Waals surface area contributed by atoms with Crippen molar-refractivity contribution in [3.05, 3.63) is 66.7 Å². The lowest BCUT2D eigenvalue weighted by molar-refractivity contribution is 0.102. The first-order chi connectivity index (χ1) is 13.5. The number of carbonyl (C=O) groups excluding carboxylic acids is 1. The molecule has 0 radical (unpaired) electrons. The van der Waals surface area contributed by atoms with Crippen molar-refractivity contribution in [2.24, 2.45) is 0 Å². The van der Waals surface area contributed by atoms with Gasteiger partial charge in [-0.2, -0.15) is 0 Å². The second kappa shape index (κ2) is 8.37. The predicted octanol–water partition coefficient (Wildman–Crippen LogP) is 3.16. The average molecular weight is 398 g/mol. The molecule has 0 saturated heterocycles. The fraction of sp³-hybridized carbons (Fsp3) is 0.200. The highest BCUT2D eigenvalue weighted by Gasteiger charge is 2.16.